The smallest absolute Gasteiger partial charge is 0.188 e. The van der Waals surface area contributed by atoms with E-state index in [4.69, 9.17) is 16.3 Å². The van der Waals surface area contributed by atoms with Crippen LogP contribution in [0.1, 0.15) is 0 Å². The van der Waals surface area contributed by atoms with Crippen LogP contribution in [0.3, 0.4) is 0 Å². The Morgan fingerprint density at radius 1 is 1.50 bits per heavy atom. The van der Waals surface area contributed by atoms with Crippen molar-refractivity contribution in [2.45, 2.75) is 0 Å². The lowest BCUT2D eigenvalue weighted by Gasteiger charge is -2.05. The molecular formula is C8H8ClFO2. The Kier molecular flexibility index (Phi) is 3.31. The van der Waals surface area contributed by atoms with Crippen LogP contribution in [-0.4, -0.2) is 13.9 Å². The lowest BCUT2D eigenvalue weighted by molar-refractivity contribution is 0.0510. The molecule has 0 N–H and O–H groups in total. The van der Waals surface area contributed by atoms with E-state index >= 15 is 0 Å². The zero-order valence-corrected chi connectivity index (χ0v) is 7.27. The van der Waals surface area contributed by atoms with Gasteiger partial charge in [-0.05, 0) is 12.1 Å². The Hall–Kier alpha value is -0.800. The van der Waals surface area contributed by atoms with E-state index in [0.29, 0.717) is 5.75 Å². The van der Waals surface area contributed by atoms with Crippen molar-refractivity contribution in [3.63, 3.8) is 0 Å². The summed E-state index contributed by atoms with van der Waals surface area (Å²) in [6.45, 7) is 0.0587. The molecule has 66 valence electrons. The van der Waals surface area contributed by atoms with Crippen molar-refractivity contribution in [1.29, 1.82) is 0 Å². The van der Waals surface area contributed by atoms with Crippen LogP contribution in [0.15, 0.2) is 18.2 Å². The fourth-order valence-electron chi connectivity index (χ4n) is 0.718. The first kappa shape index (κ1) is 9.29. The molecule has 0 unspecified atom stereocenters. The third kappa shape index (κ3) is 2.09. The van der Waals surface area contributed by atoms with E-state index in [-0.39, 0.29) is 11.8 Å². The predicted molar refractivity (Wildman–Crippen MR) is 43.9 cm³/mol. The number of ether oxygens (including phenoxy) is 2. The van der Waals surface area contributed by atoms with Crippen molar-refractivity contribution in [3.05, 3.63) is 29.0 Å². The summed E-state index contributed by atoms with van der Waals surface area (Å²) < 4.78 is 22.4. The number of halogens is 2. The molecule has 0 atom stereocenters. The van der Waals surface area contributed by atoms with Crippen molar-refractivity contribution in [1.82, 2.24) is 0 Å². The van der Waals surface area contributed by atoms with Gasteiger partial charge in [-0.1, -0.05) is 17.7 Å². The molecule has 0 saturated heterocycles. The summed E-state index contributed by atoms with van der Waals surface area (Å²) in [6.07, 6.45) is 0. The maximum absolute atomic E-state index is 12.8. The van der Waals surface area contributed by atoms with E-state index in [1.54, 1.807) is 6.07 Å². The van der Waals surface area contributed by atoms with E-state index in [1.807, 2.05) is 0 Å². The van der Waals surface area contributed by atoms with Crippen molar-refractivity contribution in [2.75, 3.05) is 13.9 Å². The van der Waals surface area contributed by atoms with Crippen LogP contribution in [0.4, 0.5) is 4.39 Å². The van der Waals surface area contributed by atoms with E-state index in [0.717, 1.165) is 0 Å². The molecule has 0 bridgehead atoms. The predicted octanol–water partition coefficient (Wildman–Crippen LogP) is 2.46. The van der Waals surface area contributed by atoms with Gasteiger partial charge >= 0.3 is 0 Å². The lowest BCUT2D eigenvalue weighted by Crippen LogP contribution is -1.99. The van der Waals surface area contributed by atoms with Crippen LogP contribution >= 0.6 is 11.6 Å². The fraction of sp³-hybridized carbons (Fsp3) is 0.250. The second kappa shape index (κ2) is 4.28. The monoisotopic (exact) mass is 190 g/mol. The van der Waals surface area contributed by atoms with Gasteiger partial charge in [0.25, 0.3) is 0 Å². The molecule has 2 nitrogen and oxygen atoms in total. The number of hydrogen-bond donors (Lipinski definition) is 0. The molecule has 0 spiro atoms. The summed E-state index contributed by atoms with van der Waals surface area (Å²) in [5.74, 6) is -0.205. The van der Waals surface area contributed by atoms with Crippen LogP contribution in [0.2, 0.25) is 5.02 Å². The first-order chi connectivity index (χ1) is 5.75. The molecule has 0 saturated carbocycles. The zero-order chi connectivity index (χ0) is 8.97. The van der Waals surface area contributed by atoms with Crippen LogP contribution in [-0.2, 0) is 4.74 Å². The van der Waals surface area contributed by atoms with Gasteiger partial charge in [-0.25, -0.2) is 4.39 Å². The zero-order valence-electron chi connectivity index (χ0n) is 6.51. The van der Waals surface area contributed by atoms with Crippen LogP contribution in [0, 0.1) is 5.82 Å². The molecule has 0 aliphatic carbocycles. The molecule has 0 fully saturated rings. The normalized spacial score (nSPS) is 9.92. The molecule has 12 heavy (non-hydrogen) atoms. The topological polar surface area (TPSA) is 18.5 Å². The quantitative estimate of drug-likeness (QED) is 0.682. The van der Waals surface area contributed by atoms with Gasteiger partial charge in [-0.2, -0.15) is 0 Å². The fourth-order valence-corrected chi connectivity index (χ4v) is 0.898. The summed E-state index contributed by atoms with van der Waals surface area (Å²) in [5.41, 5.74) is 0. The van der Waals surface area contributed by atoms with E-state index in [9.17, 15) is 4.39 Å². The molecule has 0 aliphatic rings. The minimum atomic E-state index is -0.495. The van der Waals surface area contributed by atoms with Gasteiger partial charge in [0.1, 0.15) is 16.6 Å². The first-order valence-electron chi connectivity index (χ1n) is 3.31. The average Bonchev–Trinajstić information content (AvgIpc) is 2.08. The second-order valence-corrected chi connectivity index (χ2v) is 2.48. The summed E-state index contributed by atoms with van der Waals surface area (Å²) in [7, 11) is 1.48. The highest BCUT2D eigenvalue weighted by molar-refractivity contribution is 6.32. The number of methoxy groups -OCH3 is 1. The SMILES string of the molecule is COCOc1cccc(F)c1Cl. The molecule has 0 amide bonds. The van der Waals surface area contributed by atoms with Crippen molar-refractivity contribution < 1.29 is 13.9 Å². The Labute approximate surface area is 74.9 Å². The summed E-state index contributed by atoms with van der Waals surface area (Å²) in [4.78, 5) is 0. The van der Waals surface area contributed by atoms with Crippen molar-refractivity contribution >= 4 is 11.6 Å². The van der Waals surface area contributed by atoms with Gasteiger partial charge in [0, 0.05) is 7.11 Å². The highest BCUT2D eigenvalue weighted by Crippen LogP contribution is 2.26. The van der Waals surface area contributed by atoms with Crippen LogP contribution < -0.4 is 4.74 Å². The molecule has 0 radical (unpaired) electrons. The van der Waals surface area contributed by atoms with Crippen molar-refractivity contribution in [2.24, 2.45) is 0 Å². The van der Waals surface area contributed by atoms with Crippen molar-refractivity contribution in [3.8, 4) is 5.75 Å². The largest absolute Gasteiger partial charge is 0.466 e. The van der Waals surface area contributed by atoms with E-state index < -0.39 is 5.82 Å². The van der Waals surface area contributed by atoms with E-state index in [1.165, 1.54) is 19.2 Å². The Balaban J connectivity index is 2.78. The molecule has 4 heteroatoms. The van der Waals surface area contributed by atoms with Crippen LogP contribution in [0.5, 0.6) is 5.75 Å². The molecule has 0 aliphatic heterocycles. The number of hydrogen-bond acceptors (Lipinski definition) is 2. The number of rotatable bonds is 3. The van der Waals surface area contributed by atoms with Gasteiger partial charge < -0.3 is 9.47 Å². The average molecular weight is 191 g/mol. The van der Waals surface area contributed by atoms with E-state index in [2.05, 4.69) is 4.74 Å². The molecule has 1 aromatic rings. The maximum atomic E-state index is 12.8. The first-order valence-corrected chi connectivity index (χ1v) is 3.69. The Morgan fingerprint density at radius 3 is 2.92 bits per heavy atom. The lowest BCUT2D eigenvalue weighted by atomic mass is 10.3. The Morgan fingerprint density at radius 2 is 2.25 bits per heavy atom. The highest BCUT2D eigenvalue weighted by atomic mass is 35.5. The molecule has 1 aromatic carbocycles. The minimum Gasteiger partial charge on any atom is -0.466 e. The van der Waals surface area contributed by atoms with Crippen LogP contribution in [0.25, 0.3) is 0 Å². The molecular weight excluding hydrogens is 183 g/mol. The standard InChI is InChI=1S/C8H8ClFO2/c1-11-5-12-7-4-2-3-6(10)8(7)9/h2-4H,5H2,1H3. The third-order valence-electron chi connectivity index (χ3n) is 1.25. The molecule has 0 heterocycles. The summed E-state index contributed by atoms with van der Waals surface area (Å²) in [5, 5.41) is -0.0189. The summed E-state index contributed by atoms with van der Waals surface area (Å²) in [6, 6.07) is 4.36. The second-order valence-electron chi connectivity index (χ2n) is 2.10. The molecule has 0 aromatic heterocycles. The van der Waals surface area contributed by atoms with Gasteiger partial charge in [0.2, 0.25) is 0 Å². The number of benzene rings is 1. The highest BCUT2D eigenvalue weighted by Gasteiger charge is 2.05. The Bertz CT molecular complexity index is 265. The molecule has 1 rings (SSSR count). The minimum absolute atomic E-state index is 0.0189. The summed E-state index contributed by atoms with van der Waals surface area (Å²) >= 11 is 5.57. The third-order valence-corrected chi connectivity index (χ3v) is 1.62. The van der Waals surface area contributed by atoms with Gasteiger partial charge in [0.05, 0.1) is 0 Å². The van der Waals surface area contributed by atoms with Gasteiger partial charge in [-0.15, -0.1) is 0 Å². The maximum Gasteiger partial charge on any atom is 0.188 e. The van der Waals surface area contributed by atoms with Gasteiger partial charge in [0.15, 0.2) is 6.79 Å². The van der Waals surface area contributed by atoms with Gasteiger partial charge in [-0.3, -0.25) is 0 Å².